The summed E-state index contributed by atoms with van der Waals surface area (Å²) in [7, 11) is 0. The van der Waals surface area contributed by atoms with Crippen LogP contribution in [0.15, 0.2) is 0 Å². The number of hydrogen-bond acceptors (Lipinski definition) is 0. The molecule has 0 aromatic carbocycles. The molecule has 1 saturated heterocycles. The first kappa shape index (κ1) is 12.6. The normalized spacial score (nSPS) is 26.9. The monoisotopic (exact) mass is 572 g/mol. The van der Waals surface area contributed by atoms with Gasteiger partial charge in [-0.3, -0.25) is 0 Å². The molecule has 1 nitrogen and oxygen atoms in total. The van der Waals surface area contributed by atoms with Crippen LogP contribution in [0.3, 0.4) is 0 Å². The van der Waals surface area contributed by atoms with Crippen molar-refractivity contribution in [3.63, 3.8) is 0 Å². The zero-order valence-corrected chi connectivity index (χ0v) is 15.1. The molecule has 1 saturated carbocycles. The van der Waals surface area contributed by atoms with E-state index in [9.17, 15) is 0 Å². The van der Waals surface area contributed by atoms with Gasteiger partial charge in [-0.1, -0.05) is 0 Å². The molecule has 2 rings (SSSR count). The van der Waals surface area contributed by atoms with Gasteiger partial charge in [0.25, 0.3) is 0 Å². The fourth-order valence-electron chi connectivity index (χ4n) is 2.50. The van der Waals surface area contributed by atoms with Gasteiger partial charge in [0.2, 0.25) is 0 Å². The molecule has 1 spiro atoms. The molecule has 1 heterocycles. The van der Waals surface area contributed by atoms with Crippen molar-refractivity contribution in [3.05, 3.63) is 5.32 Å². The summed E-state index contributed by atoms with van der Waals surface area (Å²) in [5.41, 5.74) is 0.664. The van der Waals surface area contributed by atoms with Crippen molar-refractivity contribution >= 4 is 4.02 Å². The van der Waals surface area contributed by atoms with Crippen LogP contribution in [0, 0.1) is 36.5 Å². The van der Waals surface area contributed by atoms with E-state index in [2.05, 4.69) is 5.32 Å². The molecule has 0 radical (unpaired) electrons. The molecule has 72 valence electrons. The molecule has 13 heavy (non-hydrogen) atoms. The Hall–Kier alpha value is 1.57. The number of piperidine rings is 1. The molecule has 0 aromatic heterocycles. The SMILES string of the molecule is [U].[W]=[C]1CCC2(CCCCC2)C[N-]1. The van der Waals surface area contributed by atoms with Gasteiger partial charge in [-0.2, -0.15) is 0 Å². The van der Waals surface area contributed by atoms with E-state index in [1.54, 1.807) is 19.4 Å². The van der Waals surface area contributed by atoms with E-state index in [1.165, 1.54) is 49.0 Å². The fraction of sp³-hybridized carbons (Fsp3) is 0.900. The van der Waals surface area contributed by atoms with Crippen molar-refractivity contribution in [3.8, 4) is 0 Å². The van der Waals surface area contributed by atoms with Gasteiger partial charge in [-0.05, 0) is 0 Å². The number of nitrogens with zero attached hydrogens (tertiary/aromatic N) is 1. The van der Waals surface area contributed by atoms with Gasteiger partial charge < -0.3 is 0 Å². The average molecular weight is 572 g/mol. The summed E-state index contributed by atoms with van der Waals surface area (Å²) >= 11 is 1.59. The molecule has 0 aromatic rings. The van der Waals surface area contributed by atoms with Gasteiger partial charge >= 0.3 is 85.6 Å². The molecular formula is C10H16NUW-. The summed E-state index contributed by atoms with van der Waals surface area (Å²) in [5, 5.41) is 4.66. The molecule has 2 aliphatic rings. The Bertz CT molecular complexity index is 175. The van der Waals surface area contributed by atoms with Crippen molar-refractivity contribution in [2.45, 2.75) is 44.9 Å². The average Bonchev–Trinajstić information content (AvgIpc) is 2.13. The van der Waals surface area contributed by atoms with E-state index in [4.69, 9.17) is 0 Å². The van der Waals surface area contributed by atoms with E-state index < -0.39 is 0 Å². The van der Waals surface area contributed by atoms with Gasteiger partial charge in [-0.15, -0.1) is 0 Å². The van der Waals surface area contributed by atoms with Gasteiger partial charge in [0.1, 0.15) is 0 Å². The summed E-state index contributed by atoms with van der Waals surface area (Å²) < 4.78 is 1.46. The standard InChI is InChI=1S/C10H16N.U.W/c1-2-5-10(6-3-1)7-4-8-11-9-10;;/h1-7,9H2;;/q-1;;. The molecule has 1 aliphatic carbocycles. The van der Waals surface area contributed by atoms with E-state index in [0.29, 0.717) is 5.41 Å². The molecule has 2 fully saturated rings. The van der Waals surface area contributed by atoms with E-state index in [0.717, 1.165) is 6.54 Å². The Kier molecular flexibility index (Phi) is 5.44. The molecule has 0 unspecified atom stereocenters. The Labute approximate surface area is 116 Å². The number of hydrogen-bond donors (Lipinski definition) is 0. The molecule has 0 N–H and O–H groups in total. The van der Waals surface area contributed by atoms with Crippen LogP contribution in [0.1, 0.15) is 44.9 Å². The maximum absolute atomic E-state index is 4.66. The first-order chi connectivity index (χ1) is 5.81. The van der Waals surface area contributed by atoms with Crippen LogP contribution >= 0.6 is 0 Å². The number of rotatable bonds is 0. The first-order valence-electron chi connectivity index (χ1n) is 5.01. The van der Waals surface area contributed by atoms with E-state index in [-0.39, 0.29) is 31.1 Å². The minimum atomic E-state index is 0. The second-order valence-corrected chi connectivity index (χ2v) is 5.96. The van der Waals surface area contributed by atoms with Crippen LogP contribution in [0.25, 0.3) is 5.32 Å². The predicted molar refractivity (Wildman–Crippen MR) is 48.0 cm³/mol. The quantitative estimate of drug-likeness (QED) is 0.425. The van der Waals surface area contributed by atoms with Gasteiger partial charge in [-0.25, -0.2) is 0 Å². The van der Waals surface area contributed by atoms with Crippen molar-refractivity contribution in [1.82, 2.24) is 0 Å². The second-order valence-electron chi connectivity index (χ2n) is 4.27. The molecule has 3 heteroatoms. The van der Waals surface area contributed by atoms with Gasteiger partial charge in [0, 0.05) is 31.1 Å². The Balaban J connectivity index is 0.000000845. The third kappa shape index (κ3) is 3.27. The molecule has 0 amide bonds. The van der Waals surface area contributed by atoms with E-state index in [1.807, 2.05) is 0 Å². The van der Waals surface area contributed by atoms with Crippen molar-refractivity contribution in [2.24, 2.45) is 5.41 Å². The van der Waals surface area contributed by atoms with Crippen LogP contribution in [0.2, 0.25) is 0 Å². The summed E-state index contributed by atoms with van der Waals surface area (Å²) in [6.45, 7) is 1.16. The predicted octanol–water partition coefficient (Wildman–Crippen LogP) is 2.78. The van der Waals surface area contributed by atoms with Crippen LogP contribution in [-0.4, -0.2) is 10.6 Å². The first-order valence-corrected chi connectivity index (χ1v) is 6.48. The molecule has 1 aliphatic heterocycles. The van der Waals surface area contributed by atoms with Crippen LogP contribution in [-0.2, 0) is 19.4 Å². The van der Waals surface area contributed by atoms with Gasteiger partial charge in [0.15, 0.2) is 0 Å². The van der Waals surface area contributed by atoms with E-state index >= 15 is 0 Å². The Morgan fingerprint density at radius 3 is 2.31 bits per heavy atom. The van der Waals surface area contributed by atoms with Gasteiger partial charge in [0.05, 0.1) is 0 Å². The third-order valence-corrected chi connectivity index (χ3v) is 4.57. The topological polar surface area (TPSA) is 14.1 Å². The molecular weight excluding hydrogens is 556 g/mol. The Morgan fingerprint density at radius 2 is 1.77 bits per heavy atom. The van der Waals surface area contributed by atoms with Crippen LogP contribution < -0.4 is 0 Å². The summed E-state index contributed by atoms with van der Waals surface area (Å²) in [5.74, 6) is 0. The van der Waals surface area contributed by atoms with Crippen molar-refractivity contribution in [1.29, 1.82) is 0 Å². The molecule has 0 atom stereocenters. The summed E-state index contributed by atoms with van der Waals surface area (Å²) in [6.07, 6.45) is 10.0. The zero-order valence-electron chi connectivity index (χ0n) is 8.01. The summed E-state index contributed by atoms with van der Waals surface area (Å²) in [4.78, 5) is 0. The van der Waals surface area contributed by atoms with Crippen LogP contribution in [0.4, 0.5) is 0 Å². The van der Waals surface area contributed by atoms with Crippen molar-refractivity contribution in [2.75, 3.05) is 6.54 Å². The molecule has 0 bridgehead atoms. The fourth-order valence-corrected chi connectivity index (χ4v) is 3.09. The minimum absolute atomic E-state index is 0. The Morgan fingerprint density at radius 1 is 1.08 bits per heavy atom. The zero-order chi connectivity index (χ0) is 8.44. The maximum atomic E-state index is 4.66. The second kappa shape index (κ2) is 5.60. The van der Waals surface area contributed by atoms with Crippen molar-refractivity contribution < 1.29 is 50.5 Å². The van der Waals surface area contributed by atoms with Crippen LogP contribution in [0.5, 0.6) is 0 Å². The summed E-state index contributed by atoms with van der Waals surface area (Å²) in [6, 6.07) is 0. The third-order valence-electron chi connectivity index (χ3n) is 3.37.